The number of nitrogens with one attached hydrogen (secondary N) is 2. The Morgan fingerprint density at radius 2 is 1.93 bits per heavy atom. The fourth-order valence-electron chi connectivity index (χ4n) is 2.79. The Morgan fingerprint density at radius 3 is 2.63 bits per heavy atom. The highest BCUT2D eigenvalue weighted by atomic mass is 32.1. The third kappa shape index (κ3) is 4.16. The van der Waals surface area contributed by atoms with Gasteiger partial charge in [-0.1, -0.05) is 13.8 Å². The van der Waals surface area contributed by atoms with Crippen LogP contribution in [0, 0.1) is 11.2 Å². The van der Waals surface area contributed by atoms with Crippen LogP contribution >= 0.6 is 11.3 Å². The van der Waals surface area contributed by atoms with Crippen LogP contribution in [0.2, 0.25) is 0 Å². The first kappa shape index (κ1) is 21.4. The van der Waals surface area contributed by atoms with Crippen LogP contribution in [-0.2, 0) is 4.74 Å². The quantitative estimate of drug-likeness (QED) is 0.322. The minimum absolute atomic E-state index is 0.0155. The Kier molecular flexibility index (Phi) is 6.73. The van der Waals surface area contributed by atoms with Crippen molar-refractivity contribution in [1.29, 1.82) is 5.41 Å². The van der Waals surface area contributed by atoms with Gasteiger partial charge in [-0.25, -0.2) is 19.3 Å². The number of benzene rings is 2. The van der Waals surface area contributed by atoms with E-state index in [1.807, 2.05) is 32.9 Å². The van der Waals surface area contributed by atoms with Crippen molar-refractivity contribution in [2.45, 2.75) is 20.8 Å². The van der Waals surface area contributed by atoms with Crippen LogP contribution in [0.5, 0.6) is 5.75 Å². The second-order valence-corrected chi connectivity index (χ2v) is 6.78. The predicted octanol–water partition coefficient (Wildman–Crippen LogP) is 5.52. The SMILES string of the molecule is CC.CCOc1ccc(Nc2ncnc3ccc4nc(C(=N)OC)sc4c23)c(F)c1. The molecule has 0 amide bonds. The third-order valence-corrected chi connectivity index (χ3v) is 5.15. The number of nitrogens with zero attached hydrogens (tertiary/aromatic N) is 3. The predicted molar refractivity (Wildman–Crippen MR) is 119 cm³/mol. The van der Waals surface area contributed by atoms with Gasteiger partial charge in [-0.2, -0.15) is 0 Å². The van der Waals surface area contributed by atoms with E-state index >= 15 is 0 Å². The van der Waals surface area contributed by atoms with Gasteiger partial charge in [0.15, 0.2) is 5.01 Å². The fourth-order valence-corrected chi connectivity index (χ4v) is 3.83. The zero-order valence-corrected chi connectivity index (χ0v) is 17.9. The lowest BCUT2D eigenvalue weighted by molar-refractivity contribution is 0.338. The summed E-state index contributed by atoms with van der Waals surface area (Å²) in [7, 11) is 1.43. The molecule has 0 aliphatic carbocycles. The molecule has 0 spiro atoms. The van der Waals surface area contributed by atoms with Crippen molar-refractivity contribution >= 4 is 49.9 Å². The van der Waals surface area contributed by atoms with Crippen LogP contribution in [0.4, 0.5) is 15.9 Å². The Bertz CT molecular complexity index is 1190. The van der Waals surface area contributed by atoms with E-state index in [1.54, 1.807) is 12.1 Å². The highest BCUT2D eigenvalue weighted by Gasteiger charge is 2.16. The minimum Gasteiger partial charge on any atom is -0.494 e. The highest BCUT2D eigenvalue weighted by Crippen LogP contribution is 2.35. The second-order valence-electron chi connectivity index (χ2n) is 5.78. The molecule has 7 nitrogen and oxygen atoms in total. The van der Waals surface area contributed by atoms with Crippen molar-refractivity contribution in [3.63, 3.8) is 0 Å². The summed E-state index contributed by atoms with van der Waals surface area (Å²) < 4.78 is 25.6. The Morgan fingerprint density at radius 1 is 1.17 bits per heavy atom. The maximum Gasteiger partial charge on any atom is 0.242 e. The molecule has 0 atom stereocenters. The van der Waals surface area contributed by atoms with Crippen molar-refractivity contribution in [2.75, 3.05) is 19.0 Å². The lowest BCUT2D eigenvalue weighted by atomic mass is 10.2. The molecule has 9 heteroatoms. The van der Waals surface area contributed by atoms with Gasteiger partial charge in [-0.15, -0.1) is 11.3 Å². The van der Waals surface area contributed by atoms with E-state index in [-0.39, 0.29) is 11.6 Å². The van der Waals surface area contributed by atoms with Crippen LogP contribution in [0.1, 0.15) is 25.8 Å². The number of aromatic nitrogens is 3. The lowest BCUT2D eigenvalue weighted by Gasteiger charge is -2.11. The lowest BCUT2D eigenvalue weighted by Crippen LogP contribution is -1.99. The molecule has 0 saturated heterocycles. The molecule has 0 radical (unpaired) electrons. The van der Waals surface area contributed by atoms with Gasteiger partial charge in [-0.3, -0.25) is 5.41 Å². The van der Waals surface area contributed by atoms with Crippen molar-refractivity contribution in [3.8, 4) is 5.75 Å². The van der Waals surface area contributed by atoms with Gasteiger partial charge in [-0.05, 0) is 31.2 Å². The summed E-state index contributed by atoms with van der Waals surface area (Å²) >= 11 is 1.30. The number of ether oxygens (including phenoxy) is 2. The van der Waals surface area contributed by atoms with Gasteiger partial charge >= 0.3 is 0 Å². The second kappa shape index (κ2) is 9.45. The molecular weight excluding hydrogens is 405 g/mol. The molecule has 2 aromatic carbocycles. The molecule has 4 rings (SSSR count). The number of rotatable bonds is 5. The standard InChI is InChI=1S/C19H16FN5O2S.C2H6/c1-3-27-10-4-5-12(11(20)8-10)24-18-15-13(22-9-23-18)6-7-14-16(15)28-19(25-14)17(21)26-2;1-2/h4-9,21H,3H2,1-2H3,(H,22,23,24);1-2H3. The topological polar surface area (TPSA) is 93.0 Å². The number of halogens is 1. The van der Waals surface area contributed by atoms with E-state index < -0.39 is 5.82 Å². The fraction of sp³-hybridized carbons (Fsp3) is 0.238. The molecule has 0 bridgehead atoms. The maximum atomic E-state index is 14.5. The van der Waals surface area contributed by atoms with Gasteiger partial charge in [0, 0.05) is 6.07 Å². The van der Waals surface area contributed by atoms with E-state index in [0.29, 0.717) is 39.6 Å². The average Bonchev–Trinajstić information content (AvgIpc) is 3.21. The summed E-state index contributed by atoms with van der Waals surface area (Å²) in [6, 6.07) is 8.27. The highest BCUT2D eigenvalue weighted by molar-refractivity contribution is 7.21. The monoisotopic (exact) mass is 427 g/mol. The van der Waals surface area contributed by atoms with Crippen LogP contribution in [0.15, 0.2) is 36.7 Å². The summed E-state index contributed by atoms with van der Waals surface area (Å²) in [5, 5.41) is 12.1. The summed E-state index contributed by atoms with van der Waals surface area (Å²) in [5.41, 5.74) is 1.66. The first-order valence-electron chi connectivity index (χ1n) is 9.47. The van der Waals surface area contributed by atoms with E-state index in [9.17, 15) is 4.39 Å². The number of thiazole rings is 1. The summed E-state index contributed by atoms with van der Waals surface area (Å²) in [6.07, 6.45) is 1.42. The Labute approximate surface area is 177 Å². The van der Waals surface area contributed by atoms with Crippen LogP contribution in [0.25, 0.3) is 21.1 Å². The maximum absolute atomic E-state index is 14.5. The third-order valence-electron chi connectivity index (χ3n) is 4.06. The zero-order chi connectivity index (χ0) is 21.7. The minimum atomic E-state index is -0.448. The van der Waals surface area contributed by atoms with Gasteiger partial charge in [0.05, 0.1) is 40.5 Å². The van der Waals surface area contributed by atoms with E-state index in [4.69, 9.17) is 14.9 Å². The molecular formula is C21H22FN5O2S. The van der Waals surface area contributed by atoms with Gasteiger partial charge in [0.2, 0.25) is 5.90 Å². The molecule has 0 aliphatic rings. The summed E-state index contributed by atoms with van der Waals surface area (Å²) in [6.45, 7) is 6.31. The first-order chi connectivity index (χ1) is 14.6. The number of anilines is 2. The van der Waals surface area contributed by atoms with Gasteiger partial charge < -0.3 is 14.8 Å². The molecule has 4 aromatic rings. The average molecular weight is 428 g/mol. The normalized spacial score (nSPS) is 10.4. The van der Waals surface area contributed by atoms with E-state index in [2.05, 4.69) is 20.3 Å². The van der Waals surface area contributed by atoms with Crippen LogP contribution < -0.4 is 10.1 Å². The molecule has 30 heavy (non-hydrogen) atoms. The molecule has 156 valence electrons. The number of methoxy groups -OCH3 is 1. The molecule has 0 fully saturated rings. The van der Waals surface area contributed by atoms with Gasteiger partial charge in [0.1, 0.15) is 23.7 Å². The molecule has 2 heterocycles. The summed E-state index contributed by atoms with van der Waals surface area (Å²) in [5.74, 6) is 0.456. The smallest absolute Gasteiger partial charge is 0.242 e. The van der Waals surface area contributed by atoms with Crippen molar-refractivity contribution < 1.29 is 13.9 Å². The number of fused-ring (bicyclic) bond motifs is 3. The zero-order valence-electron chi connectivity index (χ0n) is 17.1. The van der Waals surface area contributed by atoms with Crippen LogP contribution in [-0.4, -0.2) is 34.6 Å². The first-order valence-corrected chi connectivity index (χ1v) is 10.3. The number of hydrogen-bond donors (Lipinski definition) is 2. The van der Waals surface area contributed by atoms with Crippen molar-refractivity contribution in [3.05, 3.63) is 47.5 Å². The van der Waals surface area contributed by atoms with E-state index in [1.165, 1.54) is 30.8 Å². The van der Waals surface area contributed by atoms with E-state index in [0.717, 1.165) is 4.70 Å². The largest absolute Gasteiger partial charge is 0.494 e. The van der Waals surface area contributed by atoms with Gasteiger partial charge in [0.25, 0.3) is 0 Å². The molecule has 2 aromatic heterocycles. The van der Waals surface area contributed by atoms with Crippen LogP contribution in [0.3, 0.4) is 0 Å². The van der Waals surface area contributed by atoms with Crippen molar-refractivity contribution in [1.82, 2.24) is 15.0 Å². The molecule has 0 aliphatic heterocycles. The molecule has 0 saturated carbocycles. The Balaban J connectivity index is 0.00000124. The Hall–Kier alpha value is -3.33. The van der Waals surface area contributed by atoms with Crippen molar-refractivity contribution in [2.24, 2.45) is 0 Å². The number of hydrogen-bond acceptors (Lipinski definition) is 8. The summed E-state index contributed by atoms with van der Waals surface area (Å²) in [4.78, 5) is 13.0. The molecule has 2 N–H and O–H groups in total. The molecule has 0 unspecified atom stereocenters.